The lowest BCUT2D eigenvalue weighted by Gasteiger charge is -2.44. The van der Waals surface area contributed by atoms with Crippen LogP contribution >= 0.6 is 0 Å². The number of anilines is 1. The second-order valence-electron chi connectivity index (χ2n) is 12.7. The van der Waals surface area contributed by atoms with Gasteiger partial charge in [-0.2, -0.15) is 0 Å². The van der Waals surface area contributed by atoms with E-state index in [-0.39, 0.29) is 0 Å². The van der Waals surface area contributed by atoms with Crippen LogP contribution in [-0.4, -0.2) is 28.1 Å². The van der Waals surface area contributed by atoms with Gasteiger partial charge in [-0.15, -0.1) is 5.10 Å². The van der Waals surface area contributed by atoms with Gasteiger partial charge in [-0.05, 0) is 56.9 Å². The first-order valence-electron chi connectivity index (χ1n) is 17.4. The monoisotopic (exact) mass is 590 g/mol. The molecule has 232 valence electrons. The Morgan fingerprint density at radius 2 is 1.48 bits per heavy atom. The molecule has 0 bridgehead atoms. The molecule has 5 nitrogen and oxygen atoms in total. The highest BCUT2D eigenvalue weighted by atomic mass is 16.5. The zero-order valence-electron chi connectivity index (χ0n) is 27.2. The van der Waals surface area contributed by atoms with Gasteiger partial charge in [-0.3, -0.25) is 0 Å². The predicted molar refractivity (Wildman–Crippen MR) is 183 cm³/mol. The van der Waals surface area contributed by atoms with Crippen molar-refractivity contribution in [3.05, 3.63) is 89.0 Å². The van der Waals surface area contributed by atoms with Crippen LogP contribution in [0.15, 0.2) is 72.3 Å². The summed E-state index contributed by atoms with van der Waals surface area (Å²) in [5.74, 6) is 1.99. The molecule has 1 aromatic heterocycles. The summed E-state index contributed by atoms with van der Waals surface area (Å²) in [5, 5.41) is 9.66. The molecule has 0 spiro atoms. The maximum absolute atomic E-state index is 7.00. The van der Waals surface area contributed by atoms with E-state index in [4.69, 9.17) is 15.0 Å². The zero-order chi connectivity index (χ0) is 30.4. The normalized spacial score (nSPS) is 17.2. The number of hydrogen-bond donors (Lipinski definition) is 0. The number of rotatable bonds is 15. The summed E-state index contributed by atoms with van der Waals surface area (Å²) in [5.41, 5.74) is 7.96. The predicted octanol–water partition coefficient (Wildman–Crippen LogP) is 10.1. The standard InChI is InChI=1S/C39H50N4O/c1-4-7-8-9-10-11-12-13-14-19-28-39(43-36-23-18-17-22-35(36)40-41-43)33-27-25-31(42(5-2)6-3)29-37(33)44-38-32-21-16-15-20-30(32)24-26-34(38)39/h15-18,20-23,25,27,29H,4-14,19,24,26,28H2,1-3H3. The van der Waals surface area contributed by atoms with Crippen LogP contribution in [0.3, 0.4) is 0 Å². The molecule has 1 aliphatic carbocycles. The van der Waals surface area contributed by atoms with Crippen LogP contribution in [0.2, 0.25) is 0 Å². The summed E-state index contributed by atoms with van der Waals surface area (Å²) < 4.78 is 9.26. The van der Waals surface area contributed by atoms with Gasteiger partial charge >= 0.3 is 0 Å². The van der Waals surface area contributed by atoms with Crippen LogP contribution in [0.4, 0.5) is 5.69 Å². The number of hydrogen-bond acceptors (Lipinski definition) is 4. The van der Waals surface area contributed by atoms with Crippen molar-refractivity contribution < 1.29 is 4.74 Å². The molecule has 0 N–H and O–H groups in total. The molecule has 0 radical (unpaired) electrons. The maximum atomic E-state index is 7.00. The Morgan fingerprint density at radius 1 is 0.773 bits per heavy atom. The largest absolute Gasteiger partial charge is 0.456 e. The smallest absolute Gasteiger partial charge is 0.136 e. The van der Waals surface area contributed by atoms with Crippen LogP contribution in [0.25, 0.3) is 16.8 Å². The van der Waals surface area contributed by atoms with E-state index in [1.807, 2.05) is 0 Å². The molecule has 2 aliphatic rings. The van der Waals surface area contributed by atoms with Crippen LogP contribution in [0, 0.1) is 0 Å². The molecular weight excluding hydrogens is 540 g/mol. The molecule has 4 aromatic rings. The lowest BCUT2D eigenvalue weighted by molar-refractivity contribution is 0.297. The lowest BCUT2D eigenvalue weighted by atomic mass is 9.71. The zero-order valence-corrected chi connectivity index (χ0v) is 27.2. The highest BCUT2D eigenvalue weighted by molar-refractivity contribution is 5.80. The van der Waals surface area contributed by atoms with Crippen molar-refractivity contribution in [1.82, 2.24) is 15.0 Å². The highest BCUT2D eigenvalue weighted by Crippen LogP contribution is 2.54. The number of aryl methyl sites for hydroxylation is 1. The first kappa shape index (κ1) is 30.4. The van der Waals surface area contributed by atoms with Crippen LogP contribution in [-0.2, 0) is 12.0 Å². The van der Waals surface area contributed by atoms with Crippen molar-refractivity contribution in [2.45, 2.75) is 110 Å². The molecule has 0 fully saturated rings. The van der Waals surface area contributed by atoms with Gasteiger partial charge in [0, 0.05) is 41.5 Å². The fourth-order valence-corrected chi connectivity index (χ4v) is 7.65. The fourth-order valence-electron chi connectivity index (χ4n) is 7.65. The quantitative estimate of drug-likeness (QED) is 0.129. The third-order valence-corrected chi connectivity index (χ3v) is 10.0. The summed E-state index contributed by atoms with van der Waals surface area (Å²) in [6, 6.07) is 24.2. The molecule has 44 heavy (non-hydrogen) atoms. The van der Waals surface area contributed by atoms with E-state index in [0.717, 1.165) is 61.3 Å². The number of aromatic nitrogens is 3. The van der Waals surface area contributed by atoms with Crippen molar-refractivity contribution in [3.8, 4) is 5.75 Å². The number of nitrogens with zero attached hydrogens (tertiary/aromatic N) is 4. The number of fused-ring (bicyclic) bond motifs is 4. The van der Waals surface area contributed by atoms with Gasteiger partial charge in [0.2, 0.25) is 0 Å². The molecule has 0 saturated carbocycles. The minimum absolute atomic E-state index is 0.450. The first-order chi connectivity index (χ1) is 21.7. The molecule has 1 aliphatic heterocycles. The van der Waals surface area contributed by atoms with E-state index in [1.54, 1.807) is 0 Å². The molecule has 0 amide bonds. The third-order valence-electron chi connectivity index (χ3n) is 10.0. The van der Waals surface area contributed by atoms with Gasteiger partial charge in [0.05, 0.1) is 5.52 Å². The molecule has 1 unspecified atom stereocenters. The fraction of sp³-hybridized carbons (Fsp3) is 0.487. The van der Waals surface area contributed by atoms with Crippen molar-refractivity contribution in [2.24, 2.45) is 0 Å². The van der Waals surface area contributed by atoms with Crippen molar-refractivity contribution in [2.75, 3.05) is 18.0 Å². The molecule has 5 heteroatoms. The third kappa shape index (κ3) is 5.78. The van der Waals surface area contributed by atoms with Gasteiger partial charge in [-0.1, -0.05) is 119 Å². The minimum atomic E-state index is -0.450. The Labute approximate surface area is 264 Å². The highest BCUT2D eigenvalue weighted by Gasteiger charge is 2.48. The van der Waals surface area contributed by atoms with Crippen molar-refractivity contribution in [3.63, 3.8) is 0 Å². The summed E-state index contributed by atoms with van der Waals surface area (Å²) >= 11 is 0. The topological polar surface area (TPSA) is 43.2 Å². The molecule has 6 rings (SSSR count). The second-order valence-corrected chi connectivity index (χ2v) is 12.7. The van der Waals surface area contributed by atoms with Gasteiger partial charge in [0.15, 0.2) is 0 Å². The SMILES string of the molecule is CCCCCCCCCCCCC1(n2nnc3ccccc32)C2=C(Oc3cc(N(CC)CC)ccc31)c1ccccc1CC2. The van der Waals surface area contributed by atoms with Gasteiger partial charge < -0.3 is 9.64 Å². The lowest BCUT2D eigenvalue weighted by Crippen LogP contribution is -2.43. The number of benzene rings is 3. The number of allylic oxidation sites excluding steroid dienone is 1. The Morgan fingerprint density at radius 3 is 2.25 bits per heavy atom. The summed E-state index contributed by atoms with van der Waals surface area (Å²) in [4.78, 5) is 2.40. The number of ether oxygens (including phenoxy) is 1. The van der Waals surface area contributed by atoms with E-state index >= 15 is 0 Å². The Kier molecular flexibility index (Phi) is 9.69. The molecule has 1 atom stereocenters. The van der Waals surface area contributed by atoms with Crippen LogP contribution in [0.5, 0.6) is 5.75 Å². The minimum Gasteiger partial charge on any atom is -0.456 e. The van der Waals surface area contributed by atoms with E-state index in [9.17, 15) is 0 Å². The number of unbranched alkanes of at least 4 members (excludes halogenated alkanes) is 9. The Hall–Kier alpha value is -3.60. The average molecular weight is 591 g/mol. The van der Waals surface area contributed by atoms with E-state index < -0.39 is 5.54 Å². The first-order valence-corrected chi connectivity index (χ1v) is 17.4. The van der Waals surface area contributed by atoms with E-state index in [0.29, 0.717) is 0 Å². The molecule has 0 saturated heterocycles. The van der Waals surface area contributed by atoms with E-state index in [2.05, 4.69) is 97.1 Å². The van der Waals surface area contributed by atoms with Crippen molar-refractivity contribution in [1.29, 1.82) is 0 Å². The van der Waals surface area contributed by atoms with Crippen LogP contribution < -0.4 is 9.64 Å². The Balaban J connectivity index is 1.41. The average Bonchev–Trinajstić information content (AvgIpc) is 3.50. The Bertz CT molecular complexity index is 1580. The molecule has 3 aromatic carbocycles. The van der Waals surface area contributed by atoms with Crippen molar-refractivity contribution >= 4 is 22.5 Å². The maximum Gasteiger partial charge on any atom is 0.136 e. The van der Waals surface area contributed by atoms with Gasteiger partial charge in [-0.25, -0.2) is 4.68 Å². The van der Waals surface area contributed by atoms with E-state index in [1.165, 1.54) is 85.7 Å². The summed E-state index contributed by atoms with van der Waals surface area (Å²) in [7, 11) is 0. The van der Waals surface area contributed by atoms with Crippen LogP contribution in [0.1, 0.15) is 115 Å². The molecular formula is C39H50N4O. The molecule has 2 heterocycles. The summed E-state index contributed by atoms with van der Waals surface area (Å²) in [6.45, 7) is 8.66. The van der Waals surface area contributed by atoms with Gasteiger partial charge in [0.25, 0.3) is 0 Å². The summed E-state index contributed by atoms with van der Waals surface area (Å²) in [6.07, 6.45) is 16.2. The second kappa shape index (κ2) is 14.0. The number of para-hydroxylation sites is 1. The van der Waals surface area contributed by atoms with Gasteiger partial charge in [0.1, 0.15) is 22.6 Å².